The predicted octanol–water partition coefficient (Wildman–Crippen LogP) is 3.38. The molecule has 3 rings (SSSR count). The van der Waals surface area contributed by atoms with Crippen LogP contribution in [0.3, 0.4) is 0 Å². The summed E-state index contributed by atoms with van der Waals surface area (Å²) in [6, 6.07) is 21.3. The second kappa shape index (κ2) is 7.44. The van der Waals surface area contributed by atoms with Crippen molar-refractivity contribution in [3.63, 3.8) is 0 Å². The van der Waals surface area contributed by atoms with Crippen molar-refractivity contribution in [3.8, 4) is 0 Å². The number of nitrogens with zero attached hydrogens (tertiary/aromatic N) is 1. The van der Waals surface area contributed by atoms with E-state index in [1.54, 1.807) is 0 Å². The molecule has 0 N–H and O–H groups in total. The van der Waals surface area contributed by atoms with Gasteiger partial charge in [0.25, 0.3) is 0 Å². The number of rotatable bonds is 6. The summed E-state index contributed by atoms with van der Waals surface area (Å²) in [5.41, 5.74) is 1.25. The molecule has 21 heavy (non-hydrogen) atoms. The fourth-order valence-corrected chi connectivity index (χ4v) is 4.17. The Morgan fingerprint density at radius 3 is 2.48 bits per heavy atom. The molecule has 0 saturated heterocycles. The standard InChI is InChI=1S/C18H19NOSe/c1-3-8-15(9-4-1)17-14-20-18(19-17)12-7-13-21-16-10-5-2-6-11-16/h1-6,8-11,17H,7,12-14H2/t17-/m0/s1. The normalized spacial score (nSPS) is 17.3. The summed E-state index contributed by atoms with van der Waals surface area (Å²) in [7, 11) is 0. The molecule has 1 atom stereocenters. The van der Waals surface area contributed by atoms with Crippen LogP contribution in [0.5, 0.6) is 0 Å². The van der Waals surface area contributed by atoms with Gasteiger partial charge in [0, 0.05) is 0 Å². The predicted molar refractivity (Wildman–Crippen MR) is 88.4 cm³/mol. The van der Waals surface area contributed by atoms with Gasteiger partial charge in [-0.05, 0) is 0 Å². The molecule has 108 valence electrons. The quantitative estimate of drug-likeness (QED) is 0.582. The van der Waals surface area contributed by atoms with Crippen molar-refractivity contribution in [1.29, 1.82) is 0 Å². The van der Waals surface area contributed by atoms with Gasteiger partial charge >= 0.3 is 132 Å². The van der Waals surface area contributed by atoms with Gasteiger partial charge in [-0.25, -0.2) is 0 Å². The van der Waals surface area contributed by atoms with E-state index in [-0.39, 0.29) is 6.04 Å². The van der Waals surface area contributed by atoms with Crippen molar-refractivity contribution >= 4 is 25.3 Å². The number of benzene rings is 2. The van der Waals surface area contributed by atoms with E-state index in [4.69, 9.17) is 9.73 Å². The number of hydrogen-bond donors (Lipinski definition) is 0. The van der Waals surface area contributed by atoms with Gasteiger partial charge < -0.3 is 0 Å². The van der Waals surface area contributed by atoms with E-state index < -0.39 is 0 Å². The van der Waals surface area contributed by atoms with Gasteiger partial charge in [0.15, 0.2) is 0 Å². The van der Waals surface area contributed by atoms with Gasteiger partial charge in [-0.2, -0.15) is 0 Å². The molecule has 0 unspecified atom stereocenters. The summed E-state index contributed by atoms with van der Waals surface area (Å²) in [5.74, 6) is 0.938. The second-order valence-electron chi connectivity index (χ2n) is 5.03. The first-order valence-corrected chi connectivity index (χ1v) is 9.41. The molecule has 3 heteroatoms. The second-order valence-corrected chi connectivity index (χ2v) is 7.48. The van der Waals surface area contributed by atoms with E-state index in [1.165, 1.54) is 15.3 Å². The Hall–Kier alpha value is -1.57. The van der Waals surface area contributed by atoms with Gasteiger partial charge in [0.1, 0.15) is 0 Å². The van der Waals surface area contributed by atoms with Gasteiger partial charge in [-0.3, -0.25) is 0 Å². The Bertz CT molecular complexity index is 583. The minimum absolute atomic E-state index is 0.195. The van der Waals surface area contributed by atoms with Crippen molar-refractivity contribution in [3.05, 3.63) is 66.2 Å². The van der Waals surface area contributed by atoms with Crippen molar-refractivity contribution in [2.75, 3.05) is 6.61 Å². The molecule has 2 aromatic carbocycles. The summed E-state index contributed by atoms with van der Waals surface area (Å²) in [6.07, 6.45) is 2.13. The third-order valence-corrected chi connectivity index (χ3v) is 5.74. The van der Waals surface area contributed by atoms with Gasteiger partial charge in [0.2, 0.25) is 0 Å². The first-order chi connectivity index (χ1) is 10.4. The monoisotopic (exact) mass is 345 g/mol. The number of ether oxygens (including phenoxy) is 1. The Kier molecular flexibility index (Phi) is 5.09. The van der Waals surface area contributed by atoms with Crippen LogP contribution in [-0.2, 0) is 4.74 Å². The molecule has 0 aromatic heterocycles. The van der Waals surface area contributed by atoms with E-state index in [9.17, 15) is 0 Å². The van der Waals surface area contributed by atoms with Gasteiger partial charge in [-0.15, -0.1) is 0 Å². The van der Waals surface area contributed by atoms with E-state index >= 15 is 0 Å². The Labute approximate surface area is 132 Å². The fraction of sp³-hybridized carbons (Fsp3) is 0.278. The van der Waals surface area contributed by atoms with Crippen LogP contribution in [0.1, 0.15) is 24.4 Å². The third-order valence-electron chi connectivity index (χ3n) is 3.44. The van der Waals surface area contributed by atoms with Crippen molar-refractivity contribution in [2.24, 2.45) is 4.99 Å². The van der Waals surface area contributed by atoms with Crippen LogP contribution in [0.15, 0.2) is 65.7 Å². The fourth-order valence-electron chi connectivity index (χ4n) is 2.34. The molecule has 1 aliphatic rings. The van der Waals surface area contributed by atoms with Gasteiger partial charge in [-0.1, -0.05) is 0 Å². The topological polar surface area (TPSA) is 21.6 Å². The van der Waals surface area contributed by atoms with Gasteiger partial charge in [0.05, 0.1) is 0 Å². The molecule has 0 spiro atoms. The Morgan fingerprint density at radius 1 is 1.00 bits per heavy atom. The SMILES string of the molecule is c1ccc([Se]CCCC2=N[C@H](c3ccccc3)CO2)cc1. The van der Waals surface area contributed by atoms with Crippen LogP contribution in [0, 0.1) is 0 Å². The Morgan fingerprint density at radius 2 is 1.71 bits per heavy atom. The van der Waals surface area contributed by atoms with Crippen LogP contribution in [0.4, 0.5) is 0 Å². The summed E-state index contributed by atoms with van der Waals surface area (Å²) < 4.78 is 7.20. The summed E-state index contributed by atoms with van der Waals surface area (Å²) in [4.78, 5) is 4.70. The molecular formula is C18H19NOSe. The average molecular weight is 344 g/mol. The van der Waals surface area contributed by atoms with E-state index in [2.05, 4.69) is 54.6 Å². The molecule has 0 amide bonds. The maximum absolute atomic E-state index is 5.73. The maximum atomic E-state index is 5.73. The zero-order valence-electron chi connectivity index (χ0n) is 11.9. The van der Waals surface area contributed by atoms with E-state index in [0.29, 0.717) is 21.6 Å². The molecule has 0 bridgehead atoms. The molecular weight excluding hydrogens is 325 g/mol. The van der Waals surface area contributed by atoms with Crippen molar-refractivity contribution in [2.45, 2.75) is 24.2 Å². The molecule has 0 fully saturated rings. The van der Waals surface area contributed by atoms with E-state index in [1.807, 2.05) is 6.07 Å². The molecule has 1 heterocycles. The van der Waals surface area contributed by atoms with Crippen LogP contribution < -0.4 is 4.46 Å². The van der Waals surface area contributed by atoms with Crippen molar-refractivity contribution < 1.29 is 4.74 Å². The zero-order valence-corrected chi connectivity index (χ0v) is 13.7. The van der Waals surface area contributed by atoms with Crippen molar-refractivity contribution in [1.82, 2.24) is 0 Å². The molecule has 0 aliphatic carbocycles. The van der Waals surface area contributed by atoms with Crippen LogP contribution >= 0.6 is 0 Å². The number of hydrogen-bond acceptors (Lipinski definition) is 2. The first-order valence-electron chi connectivity index (χ1n) is 7.34. The zero-order chi connectivity index (χ0) is 14.3. The summed E-state index contributed by atoms with van der Waals surface area (Å²) >= 11 is 0.569. The first kappa shape index (κ1) is 14.4. The molecule has 0 radical (unpaired) electrons. The van der Waals surface area contributed by atoms with E-state index in [0.717, 1.165) is 18.7 Å². The molecule has 2 aromatic rings. The molecule has 0 saturated carbocycles. The molecule has 1 aliphatic heterocycles. The van der Waals surface area contributed by atoms with Crippen LogP contribution in [0.2, 0.25) is 5.32 Å². The number of aliphatic imine (C=N–C) groups is 1. The average Bonchev–Trinajstić information content (AvgIpc) is 3.02. The minimum atomic E-state index is 0.195. The Balaban J connectivity index is 1.44. The summed E-state index contributed by atoms with van der Waals surface area (Å²) in [6.45, 7) is 0.698. The summed E-state index contributed by atoms with van der Waals surface area (Å²) in [5, 5.41) is 1.25. The molecule has 2 nitrogen and oxygen atoms in total. The van der Waals surface area contributed by atoms with Crippen LogP contribution in [-0.4, -0.2) is 27.5 Å². The van der Waals surface area contributed by atoms with Crippen LogP contribution in [0.25, 0.3) is 0 Å². The third kappa shape index (κ3) is 4.20.